The SMILES string of the molecule is CC(C)(C)OC(=O)NC(=BOC#N)NCc1cccc(-c2ccc(C(C)(C)C)cc2)c1. The molecule has 0 saturated carbocycles. The molecular weight excluding hydrogens is 389 g/mol. The second kappa shape index (κ2) is 10.2. The summed E-state index contributed by atoms with van der Waals surface area (Å²) >= 11 is 0. The van der Waals surface area contributed by atoms with Gasteiger partial charge in [0.25, 0.3) is 0 Å². The van der Waals surface area contributed by atoms with E-state index < -0.39 is 11.7 Å². The van der Waals surface area contributed by atoms with Crippen LogP contribution in [0, 0.1) is 11.5 Å². The minimum absolute atomic E-state index is 0.111. The maximum absolute atomic E-state index is 12.0. The summed E-state index contributed by atoms with van der Waals surface area (Å²) in [5.74, 6) is 0. The molecule has 2 rings (SSSR count). The Morgan fingerprint density at radius 2 is 1.71 bits per heavy atom. The molecule has 162 valence electrons. The topological polar surface area (TPSA) is 83.4 Å². The quantitative estimate of drug-likeness (QED) is 0.533. The first kappa shape index (κ1) is 24.0. The van der Waals surface area contributed by atoms with Gasteiger partial charge in [-0.15, -0.1) is 0 Å². The average molecular weight is 419 g/mol. The fourth-order valence-electron chi connectivity index (χ4n) is 2.83. The minimum atomic E-state index is -0.638. The summed E-state index contributed by atoms with van der Waals surface area (Å²) in [7, 11) is 1.14. The number of rotatable bonds is 6. The molecule has 0 spiro atoms. The van der Waals surface area contributed by atoms with Gasteiger partial charge in [0.05, 0.1) is 0 Å². The molecule has 0 aliphatic rings. The van der Waals surface area contributed by atoms with Gasteiger partial charge in [-0.25, -0.2) is 0 Å². The summed E-state index contributed by atoms with van der Waals surface area (Å²) in [6.07, 6.45) is 0.917. The Hall–Kier alpha value is -3.27. The Morgan fingerprint density at radius 1 is 1.03 bits per heavy atom. The number of carbonyl (C=O) groups excluding carboxylic acids is 1. The van der Waals surface area contributed by atoms with Gasteiger partial charge in [0.2, 0.25) is 0 Å². The zero-order valence-electron chi connectivity index (χ0n) is 19.1. The monoisotopic (exact) mass is 419 g/mol. The van der Waals surface area contributed by atoms with Crippen molar-refractivity contribution in [1.82, 2.24) is 10.6 Å². The summed E-state index contributed by atoms with van der Waals surface area (Å²) in [4.78, 5) is 12.0. The fraction of sp³-hybridized carbons (Fsp3) is 0.375. The van der Waals surface area contributed by atoms with Gasteiger partial charge < -0.3 is 0 Å². The number of nitrogens with zero attached hydrogens (tertiary/aromatic N) is 1. The summed E-state index contributed by atoms with van der Waals surface area (Å²) in [5, 5.41) is 14.3. The van der Waals surface area contributed by atoms with Crippen molar-refractivity contribution in [2.24, 2.45) is 0 Å². The van der Waals surface area contributed by atoms with E-state index in [-0.39, 0.29) is 11.1 Å². The first-order valence-electron chi connectivity index (χ1n) is 10.2. The number of ether oxygens (including phenoxy) is 1. The van der Waals surface area contributed by atoms with Crippen LogP contribution >= 0.6 is 0 Å². The number of alkyl carbamates (subject to hydrolysis) is 1. The van der Waals surface area contributed by atoms with Crippen molar-refractivity contribution in [1.29, 1.82) is 5.26 Å². The molecule has 0 aromatic heterocycles. The van der Waals surface area contributed by atoms with Crippen molar-refractivity contribution in [2.75, 3.05) is 0 Å². The van der Waals surface area contributed by atoms with Crippen LogP contribution in [0.5, 0.6) is 0 Å². The zero-order chi connectivity index (χ0) is 23.1. The van der Waals surface area contributed by atoms with Crippen LogP contribution in [0.4, 0.5) is 4.79 Å². The molecule has 6 nitrogen and oxygen atoms in total. The van der Waals surface area contributed by atoms with Gasteiger partial charge >= 0.3 is 185 Å². The van der Waals surface area contributed by atoms with E-state index in [2.05, 4.69) is 72.5 Å². The molecule has 0 fully saturated rings. The second-order valence-corrected chi connectivity index (χ2v) is 9.25. The molecular formula is C24H30BN3O3. The Balaban J connectivity index is 2.09. The van der Waals surface area contributed by atoms with E-state index in [9.17, 15) is 4.79 Å². The molecule has 0 aliphatic heterocycles. The normalized spacial score (nSPS) is 11.7. The third-order valence-corrected chi connectivity index (χ3v) is 4.36. The van der Waals surface area contributed by atoms with E-state index in [0.717, 1.165) is 23.8 Å². The molecule has 2 N–H and O–H groups in total. The van der Waals surface area contributed by atoms with E-state index in [1.54, 1.807) is 27.0 Å². The van der Waals surface area contributed by atoms with Gasteiger partial charge in [0.1, 0.15) is 0 Å². The zero-order valence-corrected chi connectivity index (χ0v) is 19.1. The van der Waals surface area contributed by atoms with Crippen LogP contribution in [-0.2, 0) is 21.4 Å². The predicted octanol–water partition coefficient (Wildman–Crippen LogP) is 4.47. The summed E-state index contributed by atoms with van der Waals surface area (Å²) in [6.45, 7) is 12.3. The third-order valence-electron chi connectivity index (χ3n) is 4.36. The van der Waals surface area contributed by atoms with Crippen LogP contribution in [-0.4, -0.2) is 24.5 Å². The van der Waals surface area contributed by atoms with Crippen molar-refractivity contribution < 1.29 is 14.2 Å². The van der Waals surface area contributed by atoms with Crippen molar-refractivity contribution in [3.8, 4) is 17.4 Å². The van der Waals surface area contributed by atoms with E-state index >= 15 is 0 Å². The molecule has 0 aliphatic carbocycles. The number of hydrogen-bond acceptors (Lipinski definition) is 5. The van der Waals surface area contributed by atoms with Crippen LogP contribution in [0.1, 0.15) is 52.7 Å². The third kappa shape index (κ3) is 8.17. The molecule has 0 heterocycles. The molecule has 0 radical (unpaired) electrons. The number of carbonyl (C=O) groups is 1. The van der Waals surface area contributed by atoms with Crippen molar-refractivity contribution in [3.63, 3.8) is 0 Å². The van der Waals surface area contributed by atoms with Crippen LogP contribution in [0.25, 0.3) is 11.1 Å². The van der Waals surface area contributed by atoms with Gasteiger partial charge in [-0.1, -0.05) is 0 Å². The Labute approximate surface area is 185 Å². The predicted molar refractivity (Wildman–Crippen MR) is 124 cm³/mol. The molecule has 0 atom stereocenters. The fourth-order valence-corrected chi connectivity index (χ4v) is 2.83. The first-order chi connectivity index (χ1) is 14.5. The molecule has 7 heteroatoms. The van der Waals surface area contributed by atoms with Gasteiger partial charge in [0.15, 0.2) is 0 Å². The van der Waals surface area contributed by atoms with E-state index in [0.29, 0.717) is 6.54 Å². The van der Waals surface area contributed by atoms with Crippen LogP contribution in [0.2, 0.25) is 0 Å². The Bertz CT molecular complexity index is 965. The van der Waals surface area contributed by atoms with E-state index in [1.807, 2.05) is 12.1 Å². The van der Waals surface area contributed by atoms with Gasteiger partial charge in [-0.05, 0) is 0 Å². The molecule has 2 aromatic rings. The molecule has 2 aromatic carbocycles. The number of hydrogen-bond donors (Lipinski definition) is 2. The number of amides is 1. The molecule has 1 amide bonds. The number of nitrogens with one attached hydrogen (secondary N) is 2. The molecule has 0 bridgehead atoms. The average Bonchev–Trinajstić information content (AvgIpc) is 2.68. The van der Waals surface area contributed by atoms with Crippen LogP contribution in [0.15, 0.2) is 48.5 Å². The van der Waals surface area contributed by atoms with Gasteiger partial charge in [-0.2, -0.15) is 0 Å². The second-order valence-electron chi connectivity index (χ2n) is 9.25. The number of benzene rings is 2. The number of nitriles is 1. The van der Waals surface area contributed by atoms with Gasteiger partial charge in [0, 0.05) is 0 Å². The van der Waals surface area contributed by atoms with Crippen molar-refractivity contribution in [2.45, 2.75) is 59.1 Å². The van der Waals surface area contributed by atoms with Crippen LogP contribution in [0.3, 0.4) is 0 Å². The summed E-state index contributed by atoms with van der Waals surface area (Å²) in [5.41, 5.74) is 4.22. The Kier molecular flexibility index (Phi) is 7.87. The van der Waals surface area contributed by atoms with Crippen LogP contribution < -0.4 is 10.6 Å². The first-order valence-corrected chi connectivity index (χ1v) is 10.2. The molecule has 0 saturated heterocycles. The standard InChI is InChI=1S/C24H30BN3O3/c1-23(2,3)20-12-10-18(11-13-20)19-9-7-8-17(14-19)15-27-21(25-30-16-26)28-22(29)31-24(4,5)6/h7-14,27H,15H2,1-6H3,(H,28,29). The molecule has 31 heavy (non-hydrogen) atoms. The van der Waals surface area contributed by atoms with Crippen molar-refractivity contribution >= 4 is 18.9 Å². The van der Waals surface area contributed by atoms with E-state index in [1.165, 1.54) is 5.56 Å². The Morgan fingerprint density at radius 3 is 2.29 bits per heavy atom. The summed E-state index contributed by atoms with van der Waals surface area (Å²) < 4.78 is 9.90. The van der Waals surface area contributed by atoms with Crippen molar-refractivity contribution in [3.05, 3.63) is 59.7 Å². The summed E-state index contributed by atoms with van der Waals surface area (Å²) in [6, 6.07) is 16.7. The molecule has 0 unspecified atom stereocenters. The van der Waals surface area contributed by atoms with E-state index in [4.69, 9.17) is 10.00 Å². The maximum atomic E-state index is 12.0. The van der Waals surface area contributed by atoms with Gasteiger partial charge in [-0.3, -0.25) is 0 Å².